The van der Waals surface area contributed by atoms with Crippen molar-refractivity contribution in [3.05, 3.63) is 11.9 Å². The summed E-state index contributed by atoms with van der Waals surface area (Å²) in [5.74, 6) is 0. The largest absolute Gasteiger partial charge is 0.293 e. The smallest absolute Gasteiger partial charge is 0.0967 e. The molecule has 0 amide bonds. The second-order valence-corrected chi connectivity index (χ2v) is 4.76. The van der Waals surface area contributed by atoms with E-state index in [1.54, 1.807) is 4.80 Å². The Hall–Kier alpha value is -0.610. The monoisotopic (exact) mass is 228 g/mol. The van der Waals surface area contributed by atoms with Crippen LogP contribution in [0.2, 0.25) is 0 Å². The van der Waals surface area contributed by atoms with Crippen LogP contribution in [0.3, 0.4) is 0 Å². The molecule has 0 spiro atoms. The first-order valence-corrected chi connectivity index (χ1v) is 5.84. The zero-order valence-electron chi connectivity index (χ0n) is 9.23. The van der Waals surface area contributed by atoms with Crippen molar-refractivity contribution < 1.29 is 0 Å². The Labute approximate surface area is 95.2 Å². The molecule has 5 heteroatoms. The zero-order valence-corrected chi connectivity index (χ0v) is 9.98. The first kappa shape index (κ1) is 10.9. The molecular formula is C10H17ClN4. The van der Waals surface area contributed by atoms with E-state index in [-0.39, 0.29) is 5.38 Å². The molecule has 1 aromatic rings. The molecule has 1 aliphatic rings. The third-order valence-corrected chi connectivity index (χ3v) is 3.62. The van der Waals surface area contributed by atoms with Gasteiger partial charge in [0, 0.05) is 25.0 Å². The first-order valence-electron chi connectivity index (χ1n) is 5.40. The highest BCUT2D eigenvalue weighted by atomic mass is 35.5. The number of hydrogen-bond acceptors (Lipinski definition) is 3. The van der Waals surface area contributed by atoms with Crippen molar-refractivity contribution in [2.75, 3.05) is 6.54 Å². The fourth-order valence-electron chi connectivity index (χ4n) is 2.05. The Kier molecular flexibility index (Phi) is 3.26. The van der Waals surface area contributed by atoms with Gasteiger partial charge in [0.05, 0.1) is 11.9 Å². The highest BCUT2D eigenvalue weighted by Crippen LogP contribution is 2.23. The van der Waals surface area contributed by atoms with Gasteiger partial charge in [0.1, 0.15) is 0 Å². The van der Waals surface area contributed by atoms with Gasteiger partial charge in [-0.2, -0.15) is 15.0 Å². The Morgan fingerprint density at radius 3 is 3.07 bits per heavy atom. The SMILES string of the molecule is CC1C(Cl)CCCN1Cc1cnn(C)n1. The molecule has 0 radical (unpaired) electrons. The lowest BCUT2D eigenvalue weighted by molar-refractivity contribution is 0.154. The molecule has 1 saturated heterocycles. The molecule has 0 aromatic carbocycles. The molecule has 2 unspecified atom stereocenters. The van der Waals surface area contributed by atoms with Crippen molar-refractivity contribution in [2.24, 2.45) is 7.05 Å². The van der Waals surface area contributed by atoms with E-state index in [0.717, 1.165) is 25.2 Å². The Balaban J connectivity index is 1.99. The number of halogens is 1. The molecule has 1 fully saturated rings. The van der Waals surface area contributed by atoms with E-state index >= 15 is 0 Å². The molecule has 4 nitrogen and oxygen atoms in total. The third kappa shape index (κ3) is 2.49. The highest BCUT2D eigenvalue weighted by Gasteiger charge is 2.26. The molecular weight excluding hydrogens is 212 g/mol. The summed E-state index contributed by atoms with van der Waals surface area (Å²) in [6.07, 6.45) is 4.13. The van der Waals surface area contributed by atoms with E-state index in [1.165, 1.54) is 6.42 Å². The molecule has 0 aliphatic carbocycles. The van der Waals surface area contributed by atoms with Gasteiger partial charge in [-0.15, -0.1) is 11.6 Å². The number of likely N-dealkylation sites (tertiary alicyclic amines) is 1. The summed E-state index contributed by atoms with van der Waals surface area (Å²) in [7, 11) is 1.84. The van der Waals surface area contributed by atoms with E-state index in [1.807, 2.05) is 13.2 Å². The van der Waals surface area contributed by atoms with Gasteiger partial charge >= 0.3 is 0 Å². The van der Waals surface area contributed by atoms with Gasteiger partial charge in [-0.1, -0.05) is 0 Å². The minimum atomic E-state index is 0.274. The molecule has 15 heavy (non-hydrogen) atoms. The Morgan fingerprint density at radius 1 is 1.60 bits per heavy atom. The van der Waals surface area contributed by atoms with Crippen LogP contribution in [0.4, 0.5) is 0 Å². The van der Waals surface area contributed by atoms with Gasteiger partial charge in [0.15, 0.2) is 0 Å². The maximum absolute atomic E-state index is 6.25. The molecule has 2 rings (SSSR count). The summed E-state index contributed by atoms with van der Waals surface area (Å²) in [6.45, 7) is 4.16. The van der Waals surface area contributed by atoms with Crippen LogP contribution in [-0.4, -0.2) is 37.9 Å². The average molecular weight is 229 g/mol. The number of hydrogen-bond donors (Lipinski definition) is 0. The topological polar surface area (TPSA) is 34.0 Å². The summed E-state index contributed by atoms with van der Waals surface area (Å²) in [5.41, 5.74) is 1.02. The second kappa shape index (κ2) is 4.49. The van der Waals surface area contributed by atoms with Crippen LogP contribution in [0.25, 0.3) is 0 Å². The number of alkyl halides is 1. The molecule has 1 aliphatic heterocycles. The number of aromatic nitrogens is 3. The molecule has 2 heterocycles. The lowest BCUT2D eigenvalue weighted by Gasteiger charge is -2.36. The van der Waals surface area contributed by atoms with E-state index in [2.05, 4.69) is 22.0 Å². The molecule has 0 bridgehead atoms. The van der Waals surface area contributed by atoms with E-state index in [0.29, 0.717) is 6.04 Å². The van der Waals surface area contributed by atoms with Crippen molar-refractivity contribution in [3.63, 3.8) is 0 Å². The lowest BCUT2D eigenvalue weighted by atomic mass is 10.0. The molecule has 84 valence electrons. The van der Waals surface area contributed by atoms with Gasteiger partial charge < -0.3 is 0 Å². The van der Waals surface area contributed by atoms with Crippen molar-refractivity contribution in [2.45, 2.75) is 37.7 Å². The number of rotatable bonds is 2. The molecule has 0 saturated carbocycles. The minimum Gasteiger partial charge on any atom is -0.293 e. The summed E-state index contributed by atoms with van der Waals surface area (Å²) >= 11 is 6.25. The summed E-state index contributed by atoms with van der Waals surface area (Å²) in [4.78, 5) is 3.98. The number of aryl methyl sites for hydroxylation is 1. The van der Waals surface area contributed by atoms with Crippen LogP contribution in [0.5, 0.6) is 0 Å². The van der Waals surface area contributed by atoms with Gasteiger partial charge in [-0.25, -0.2) is 0 Å². The Morgan fingerprint density at radius 2 is 2.40 bits per heavy atom. The predicted octanol–water partition coefficient (Wildman–Crippen LogP) is 1.41. The van der Waals surface area contributed by atoms with Crippen LogP contribution in [0, 0.1) is 0 Å². The zero-order chi connectivity index (χ0) is 10.8. The van der Waals surface area contributed by atoms with E-state index in [9.17, 15) is 0 Å². The molecule has 1 aromatic heterocycles. The predicted molar refractivity (Wildman–Crippen MR) is 59.8 cm³/mol. The maximum Gasteiger partial charge on any atom is 0.0967 e. The molecule has 2 atom stereocenters. The van der Waals surface area contributed by atoms with Crippen LogP contribution in [0.15, 0.2) is 6.20 Å². The highest BCUT2D eigenvalue weighted by molar-refractivity contribution is 6.21. The lowest BCUT2D eigenvalue weighted by Crippen LogP contribution is -2.43. The van der Waals surface area contributed by atoms with Gasteiger partial charge in [-0.3, -0.25) is 4.90 Å². The maximum atomic E-state index is 6.25. The van der Waals surface area contributed by atoms with Crippen molar-refractivity contribution in [3.8, 4) is 0 Å². The van der Waals surface area contributed by atoms with Crippen molar-refractivity contribution in [1.29, 1.82) is 0 Å². The van der Waals surface area contributed by atoms with Crippen molar-refractivity contribution >= 4 is 11.6 Å². The summed E-state index contributed by atoms with van der Waals surface area (Å²) in [5, 5.41) is 8.63. The standard InChI is InChI=1S/C10H17ClN4/c1-8-10(11)4-3-5-15(8)7-9-6-12-14(2)13-9/h6,8,10H,3-5,7H2,1-2H3. The Bertz CT molecular complexity index is 325. The van der Waals surface area contributed by atoms with Crippen LogP contribution in [-0.2, 0) is 13.6 Å². The first-order chi connectivity index (χ1) is 7.16. The molecule has 0 N–H and O–H groups in total. The van der Waals surface area contributed by atoms with Gasteiger partial charge in [0.2, 0.25) is 0 Å². The average Bonchev–Trinajstić information content (AvgIpc) is 2.59. The van der Waals surface area contributed by atoms with Crippen LogP contribution in [0.1, 0.15) is 25.5 Å². The van der Waals surface area contributed by atoms with Gasteiger partial charge in [0.25, 0.3) is 0 Å². The summed E-state index contributed by atoms with van der Waals surface area (Å²) < 4.78 is 0. The fraction of sp³-hybridized carbons (Fsp3) is 0.800. The van der Waals surface area contributed by atoms with Crippen LogP contribution < -0.4 is 0 Å². The van der Waals surface area contributed by atoms with E-state index < -0.39 is 0 Å². The van der Waals surface area contributed by atoms with Gasteiger partial charge in [-0.05, 0) is 26.3 Å². The number of piperidine rings is 1. The fourth-order valence-corrected chi connectivity index (χ4v) is 2.37. The second-order valence-electron chi connectivity index (χ2n) is 4.19. The summed E-state index contributed by atoms with van der Waals surface area (Å²) in [6, 6.07) is 0.433. The normalized spacial score (nSPS) is 28.2. The third-order valence-electron chi connectivity index (χ3n) is 3.04. The quantitative estimate of drug-likeness (QED) is 0.718. The minimum absolute atomic E-state index is 0.274. The van der Waals surface area contributed by atoms with Crippen molar-refractivity contribution in [1.82, 2.24) is 19.9 Å². The van der Waals surface area contributed by atoms with Crippen LogP contribution >= 0.6 is 11.6 Å². The van der Waals surface area contributed by atoms with E-state index in [4.69, 9.17) is 11.6 Å². The number of nitrogens with zero attached hydrogens (tertiary/aromatic N) is 4.